The summed E-state index contributed by atoms with van der Waals surface area (Å²) in [6.07, 6.45) is -6.11. The smallest absolute Gasteiger partial charge is 0.393 e. The minimum absolute atomic E-state index is 0.0164. The maximum absolute atomic E-state index is 12.6. The molecule has 3 nitrogen and oxygen atoms in total. The van der Waals surface area contributed by atoms with E-state index < -0.39 is 35.1 Å². The van der Waals surface area contributed by atoms with Crippen LogP contribution in [0, 0.1) is 0 Å². The Morgan fingerprint density at radius 1 is 1.20 bits per heavy atom. The highest BCUT2D eigenvalue weighted by Gasteiger charge is 2.43. The summed E-state index contributed by atoms with van der Waals surface area (Å²) in [4.78, 5) is 11.5. The lowest BCUT2D eigenvalue weighted by Crippen LogP contribution is -2.37. The number of carbonyl (C=O) groups is 1. The predicted molar refractivity (Wildman–Crippen MR) is 67.5 cm³/mol. The summed E-state index contributed by atoms with van der Waals surface area (Å²) in [7, 11) is 0. The van der Waals surface area contributed by atoms with Gasteiger partial charge in [-0.05, 0) is 26.3 Å². The van der Waals surface area contributed by atoms with Crippen molar-refractivity contribution in [2.24, 2.45) is 0 Å². The fraction of sp³-hybridized carbons (Fsp3) is 0.500. The lowest BCUT2D eigenvalue weighted by Gasteiger charge is -2.33. The van der Waals surface area contributed by atoms with Gasteiger partial charge in [0.25, 0.3) is 5.78 Å². The molecule has 0 amide bonds. The topological polar surface area (TPSA) is 57.5 Å². The molecule has 0 aliphatic rings. The zero-order valence-electron chi connectivity index (χ0n) is 11.4. The number of alkyl halides is 3. The Balaban J connectivity index is 3.42. The summed E-state index contributed by atoms with van der Waals surface area (Å²) in [5, 5.41) is 19.8. The van der Waals surface area contributed by atoms with Gasteiger partial charge in [0.05, 0.1) is 11.7 Å². The van der Waals surface area contributed by atoms with Gasteiger partial charge in [-0.25, -0.2) is 0 Å². The summed E-state index contributed by atoms with van der Waals surface area (Å²) in [6, 6.07) is 5.14. The quantitative estimate of drug-likeness (QED) is 0.838. The van der Waals surface area contributed by atoms with E-state index in [0.717, 1.165) is 6.07 Å². The van der Waals surface area contributed by atoms with Crippen LogP contribution >= 0.6 is 0 Å². The number of halogens is 3. The van der Waals surface area contributed by atoms with Crippen molar-refractivity contribution in [2.45, 2.75) is 44.6 Å². The van der Waals surface area contributed by atoms with Crippen molar-refractivity contribution in [1.82, 2.24) is 0 Å². The van der Waals surface area contributed by atoms with E-state index in [-0.39, 0.29) is 5.56 Å². The second-order valence-corrected chi connectivity index (χ2v) is 5.29. The van der Waals surface area contributed by atoms with E-state index in [9.17, 15) is 28.2 Å². The Bertz CT molecular complexity index is 487. The highest BCUT2D eigenvalue weighted by atomic mass is 19.4. The molecule has 1 aromatic carbocycles. The number of hydrogen-bond acceptors (Lipinski definition) is 3. The Morgan fingerprint density at radius 2 is 1.70 bits per heavy atom. The summed E-state index contributed by atoms with van der Waals surface area (Å²) in [6.45, 7) is 4.11. The maximum Gasteiger partial charge on any atom is 0.454 e. The molecule has 0 bridgehead atoms. The number of hydrogen-bond donors (Lipinski definition) is 2. The molecule has 2 N–H and O–H groups in total. The van der Waals surface area contributed by atoms with Crippen LogP contribution in [0.2, 0.25) is 0 Å². The number of ketones is 1. The molecular weight excluding hydrogens is 273 g/mol. The first kappa shape index (κ1) is 16.7. The summed E-state index contributed by atoms with van der Waals surface area (Å²) < 4.78 is 37.8. The van der Waals surface area contributed by atoms with Gasteiger partial charge >= 0.3 is 6.18 Å². The third kappa shape index (κ3) is 3.58. The molecule has 0 aromatic heterocycles. The molecule has 0 heterocycles. The van der Waals surface area contributed by atoms with Crippen molar-refractivity contribution in [2.75, 3.05) is 0 Å². The van der Waals surface area contributed by atoms with Gasteiger partial charge in [-0.1, -0.05) is 24.3 Å². The van der Waals surface area contributed by atoms with Gasteiger partial charge in [0.1, 0.15) is 0 Å². The minimum atomic E-state index is -5.00. The predicted octanol–water partition coefficient (Wildman–Crippen LogP) is 2.67. The molecule has 6 heteroatoms. The van der Waals surface area contributed by atoms with E-state index in [1.165, 1.54) is 39.0 Å². The van der Waals surface area contributed by atoms with Gasteiger partial charge in [0.15, 0.2) is 0 Å². The van der Waals surface area contributed by atoms with Gasteiger partial charge in [-0.2, -0.15) is 13.2 Å². The van der Waals surface area contributed by atoms with E-state index >= 15 is 0 Å². The Kier molecular flexibility index (Phi) is 4.61. The van der Waals surface area contributed by atoms with Gasteiger partial charge < -0.3 is 10.2 Å². The number of rotatable bonds is 4. The third-order valence-corrected chi connectivity index (χ3v) is 3.04. The molecule has 1 aromatic rings. The van der Waals surface area contributed by atoms with E-state index in [1.54, 1.807) is 0 Å². The van der Waals surface area contributed by atoms with Crippen LogP contribution in [0.1, 0.15) is 42.6 Å². The lowest BCUT2D eigenvalue weighted by molar-refractivity contribution is -0.0888. The van der Waals surface area contributed by atoms with E-state index in [0.29, 0.717) is 0 Å². The van der Waals surface area contributed by atoms with Crippen LogP contribution < -0.4 is 0 Å². The second kappa shape index (κ2) is 5.54. The zero-order chi connectivity index (χ0) is 15.7. The van der Waals surface area contributed by atoms with Crippen LogP contribution in [0.25, 0.3) is 0 Å². The van der Waals surface area contributed by atoms with Crippen molar-refractivity contribution >= 4 is 5.78 Å². The SMILES string of the molecule is CC(O)C(c1ccccc1C(=O)C(F)(F)F)C(C)(C)O. The third-order valence-electron chi connectivity index (χ3n) is 3.04. The van der Waals surface area contributed by atoms with Gasteiger partial charge in [-0.15, -0.1) is 0 Å². The average molecular weight is 290 g/mol. The maximum atomic E-state index is 12.6. The molecule has 20 heavy (non-hydrogen) atoms. The molecule has 112 valence electrons. The summed E-state index contributed by atoms with van der Waals surface area (Å²) in [5.74, 6) is -2.99. The first-order valence-electron chi connectivity index (χ1n) is 6.07. The lowest BCUT2D eigenvalue weighted by atomic mass is 9.78. The number of aliphatic hydroxyl groups excluding tert-OH is 1. The van der Waals surface area contributed by atoms with Crippen molar-refractivity contribution in [1.29, 1.82) is 0 Å². The van der Waals surface area contributed by atoms with E-state index in [4.69, 9.17) is 0 Å². The molecule has 0 radical (unpaired) electrons. The molecule has 0 fully saturated rings. The van der Waals surface area contributed by atoms with Crippen LogP contribution in [0.3, 0.4) is 0 Å². The highest BCUT2D eigenvalue weighted by molar-refractivity contribution is 6.01. The molecule has 0 aliphatic carbocycles. The fourth-order valence-electron chi connectivity index (χ4n) is 2.36. The van der Waals surface area contributed by atoms with Crippen molar-refractivity contribution in [3.63, 3.8) is 0 Å². The molecule has 2 atom stereocenters. The fourth-order valence-corrected chi connectivity index (χ4v) is 2.36. The van der Waals surface area contributed by atoms with Crippen molar-refractivity contribution in [3.05, 3.63) is 35.4 Å². The zero-order valence-corrected chi connectivity index (χ0v) is 11.4. The number of carbonyl (C=O) groups excluding carboxylic acids is 1. The van der Waals surface area contributed by atoms with Gasteiger partial charge in [0.2, 0.25) is 0 Å². The van der Waals surface area contributed by atoms with Crippen LogP contribution in [0.5, 0.6) is 0 Å². The van der Waals surface area contributed by atoms with Gasteiger partial charge in [-0.3, -0.25) is 4.79 Å². The summed E-state index contributed by atoms with van der Waals surface area (Å²) in [5.41, 5.74) is -2.04. The minimum Gasteiger partial charge on any atom is -0.393 e. The molecule has 1 rings (SSSR count). The Labute approximate surface area is 115 Å². The molecule has 0 saturated carbocycles. The van der Waals surface area contributed by atoms with Crippen LogP contribution in [0.15, 0.2) is 24.3 Å². The summed E-state index contributed by atoms with van der Waals surface area (Å²) >= 11 is 0. The Hall–Kier alpha value is -1.40. The van der Waals surface area contributed by atoms with E-state index in [2.05, 4.69) is 0 Å². The molecule has 0 aliphatic heterocycles. The first-order valence-corrected chi connectivity index (χ1v) is 6.07. The van der Waals surface area contributed by atoms with Crippen LogP contribution in [0.4, 0.5) is 13.2 Å². The normalized spacial score (nSPS) is 15.8. The molecule has 2 unspecified atom stereocenters. The monoisotopic (exact) mass is 290 g/mol. The average Bonchev–Trinajstić information content (AvgIpc) is 2.25. The number of aliphatic hydroxyl groups is 2. The Morgan fingerprint density at radius 3 is 2.10 bits per heavy atom. The van der Waals surface area contributed by atoms with Crippen molar-refractivity contribution in [3.8, 4) is 0 Å². The van der Waals surface area contributed by atoms with Gasteiger partial charge in [0, 0.05) is 11.5 Å². The number of Topliss-reactive ketones (excluding diaryl/α,β-unsaturated/α-hetero) is 1. The number of benzene rings is 1. The standard InChI is InChI=1S/C14H17F3O3/c1-8(18)11(13(2,3)20)9-6-4-5-7-10(9)12(19)14(15,16)17/h4-8,11,18,20H,1-3H3. The van der Waals surface area contributed by atoms with E-state index in [1.807, 2.05) is 0 Å². The van der Waals surface area contributed by atoms with Crippen LogP contribution in [-0.4, -0.2) is 33.9 Å². The van der Waals surface area contributed by atoms with Crippen molar-refractivity contribution < 1.29 is 28.2 Å². The molecule has 0 spiro atoms. The molecule has 0 saturated heterocycles. The molecular formula is C14H17F3O3. The van der Waals surface area contributed by atoms with Crippen LogP contribution in [-0.2, 0) is 0 Å². The second-order valence-electron chi connectivity index (χ2n) is 5.29. The first-order chi connectivity index (χ1) is 8.96. The largest absolute Gasteiger partial charge is 0.454 e. The highest BCUT2D eigenvalue weighted by Crippen LogP contribution is 2.35.